The molecular weight excluding hydrogens is 435 g/mol. The van der Waals surface area contributed by atoms with Crippen LogP contribution in [-0.2, 0) is 6.18 Å². The monoisotopic (exact) mass is 465 g/mol. The summed E-state index contributed by atoms with van der Waals surface area (Å²) in [6, 6.07) is 4.90. The number of aliphatic hydroxyl groups excluding tert-OH is 1. The highest BCUT2D eigenvalue weighted by Gasteiger charge is 2.31. The molecule has 0 spiro atoms. The van der Waals surface area contributed by atoms with Crippen LogP contribution in [0.2, 0.25) is 0 Å². The van der Waals surface area contributed by atoms with Gasteiger partial charge in [-0.1, -0.05) is 0 Å². The number of hydrogen-bond acceptors (Lipinski definition) is 7. The van der Waals surface area contributed by atoms with Gasteiger partial charge in [-0.3, -0.25) is 4.90 Å². The van der Waals surface area contributed by atoms with E-state index >= 15 is 0 Å². The van der Waals surface area contributed by atoms with Gasteiger partial charge in [0.15, 0.2) is 0 Å². The Morgan fingerprint density at radius 1 is 1.06 bits per heavy atom. The second kappa shape index (κ2) is 9.82. The summed E-state index contributed by atoms with van der Waals surface area (Å²) in [7, 11) is 0. The molecular formula is C23H30F3N5O2. The first-order valence-corrected chi connectivity index (χ1v) is 11.3. The van der Waals surface area contributed by atoms with Gasteiger partial charge in [0.1, 0.15) is 11.6 Å². The third-order valence-electron chi connectivity index (χ3n) is 6.40. The van der Waals surface area contributed by atoms with Crippen molar-refractivity contribution in [3.8, 4) is 17.0 Å². The van der Waals surface area contributed by atoms with Crippen LogP contribution in [0.5, 0.6) is 5.75 Å². The summed E-state index contributed by atoms with van der Waals surface area (Å²) in [4.78, 5) is 4.71. The van der Waals surface area contributed by atoms with E-state index in [1.807, 2.05) is 6.07 Å². The van der Waals surface area contributed by atoms with Crippen LogP contribution in [0.3, 0.4) is 0 Å². The summed E-state index contributed by atoms with van der Waals surface area (Å²) >= 11 is 0. The van der Waals surface area contributed by atoms with Crippen LogP contribution in [0, 0.1) is 6.92 Å². The van der Waals surface area contributed by atoms with Crippen molar-refractivity contribution in [3.05, 3.63) is 35.4 Å². The Morgan fingerprint density at radius 3 is 2.45 bits per heavy atom. The highest BCUT2D eigenvalue weighted by atomic mass is 19.4. The number of hydrogen-bond donors (Lipinski definition) is 3. The van der Waals surface area contributed by atoms with E-state index in [0.717, 1.165) is 64.6 Å². The lowest BCUT2D eigenvalue weighted by Gasteiger charge is -2.34. The van der Waals surface area contributed by atoms with E-state index < -0.39 is 17.5 Å². The number of likely N-dealkylation sites (tertiary alicyclic amines) is 2. The lowest BCUT2D eigenvalue weighted by molar-refractivity contribution is -0.137. The second-order valence-electron chi connectivity index (χ2n) is 9.02. The van der Waals surface area contributed by atoms with Crippen LogP contribution in [0.1, 0.15) is 30.4 Å². The molecule has 0 aliphatic carbocycles. The smallest absolute Gasteiger partial charge is 0.416 e. The molecule has 2 atom stereocenters. The Bertz CT molecular complexity index is 972. The summed E-state index contributed by atoms with van der Waals surface area (Å²) in [5.41, 5.74) is 0.374. The Hall–Kier alpha value is -2.43. The van der Waals surface area contributed by atoms with Gasteiger partial charge in [-0.15, -0.1) is 10.2 Å². The highest BCUT2D eigenvalue weighted by Crippen LogP contribution is 2.36. The van der Waals surface area contributed by atoms with E-state index in [4.69, 9.17) is 0 Å². The van der Waals surface area contributed by atoms with Gasteiger partial charge < -0.3 is 20.4 Å². The van der Waals surface area contributed by atoms with Gasteiger partial charge in [-0.05, 0) is 62.6 Å². The normalized spacial score (nSPS) is 22.6. The van der Waals surface area contributed by atoms with Crippen molar-refractivity contribution in [2.45, 2.75) is 44.5 Å². The number of nitrogens with zero attached hydrogens (tertiary/aromatic N) is 4. The number of aryl methyl sites for hydroxylation is 1. The number of benzene rings is 1. The summed E-state index contributed by atoms with van der Waals surface area (Å²) < 4.78 is 38.6. The second-order valence-corrected chi connectivity index (χ2v) is 9.02. The van der Waals surface area contributed by atoms with Crippen LogP contribution in [0.15, 0.2) is 24.3 Å². The number of phenolic OH excluding ortho intramolecular Hbond substituents is 1. The average Bonchev–Trinajstić information content (AvgIpc) is 3.18. The minimum absolute atomic E-state index is 0.199. The molecule has 2 aliphatic rings. The van der Waals surface area contributed by atoms with Crippen LogP contribution >= 0.6 is 0 Å². The zero-order valence-electron chi connectivity index (χ0n) is 18.6. The molecule has 1 aromatic carbocycles. The largest absolute Gasteiger partial charge is 0.507 e. The Kier molecular flexibility index (Phi) is 7.06. The van der Waals surface area contributed by atoms with Crippen molar-refractivity contribution in [1.29, 1.82) is 0 Å². The third-order valence-corrected chi connectivity index (χ3v) is 6.40. The van der Waals surface area contributed by atoms with E-state index in [1.165, 1.54) is 6.07 Å². The number of aliphatic hydroxyl groups is 1. The zero-order valence-corrected chi connectivity index (χ0v) is 18.6. The molecule has 10 heteroatoms. The molecule has 2 aromatic rings. The van der Waals surface area contributed by atoms with Gasteiger partial charge in [0.25, 0.3) is 0 Å². The number of halogens is 3. The Morgan fingerprint density at radius 2 is 1.82 bits per heavy atom. The van der Waals surface area contributed by atoms with Crippen LogP contribution in [0.4, 0.5) is 19.0 Å². The topological polar surface area (TPSA) is 84.8 Å². The van der Waals surface area contributed by atoms with Crippen molar-refractivity contribution in [3.63, 3.8) is 0 Å². The first-order chi connectivity index (χ1) is 15.7. The number of β-amino-alcohol motifs (C(OH)–C–C–N with tert-alkyl or cyclic N) is 1. The molecule has 2 fully saturated rings. The summed E-state index contributed by atoms with van der Waals surface area (Å²) in [6.07, 6.45) is -1.78. The van der Waals surface area contributed by atoms with E-state index in [2.05, 4.69) is 25.3 Å². The summed E-state index contributed by atoms with van der Waals surface area (Å²) in [5, 5.41) is 31.6. The van der Waals surface area contributed by atoms with Gasteiger partial charge in [0.2, 0.25) is 0 Å². The van der Waals surface area contributed by atoms with Crippen molar-refractivity contribution in [2.24, 2.45) is 0 Å². The van der Waals surface area contributed by atoms with Crippen molar-refractivity contribution in [1.82, 2.24) is 20.0 Å². The van der Waals surface area contributed by atoms with Gasteiger partial charge in [-0.2, -0.15) is 13.2 Å². The average molecular weight is 466 g/mol. The number of rotatable bonds is 6. The summed E-state index contributed by atoms with van der Waals surface area (Å²) in [6.45, 7) is 7.35. The van der Waals surface area contributed by atoms with Crippen LogP contribution < -0.4 is 5.32 Å². The minimum Gasteiger partial charge on any atom is -0.507 e. The zero-order chi connectivity index (χ0) is 23.6. The lowest BCUT2D eigenvalue weighted by atomic mass is 10.0. The maximum atomic E-state index is 12.9. The molecule has 7 nitrogen and oxygen atoms in total. The number of piperidine rings is 1. The molecule has 3 N–H and O–H groups in total. The van der Waals surface area contributed by atoms with Crippen molar-refractivity contribution < 1.29 is 23.4 Å². The highest BCUT2D eigenvalue weighted by molar-refractivity contribution is 5.70. The molecule has 0 radical (unpaired) electrons. The molecule has 1 aromatic heterocycles. The molecule has 180 valence electrons. The molecule has 1 unspecified atom stereocenters. The molecule has 33 heavy (non-hydrogen) atoms. The number of aromatic nitrogens is 2. The first kappa shape index (κ1) is 23.7. The summed E-state index contributed by atoms with van der Waals surface area (Å²) in [5.74, 6) is 0.133. The van der Waals surface area contributed by atoms with Crippen LogP contribution in [-0.4, -0.2) is 81.6 Å². The predicted octanol–water partition coefficient (Wildman–Crippen LogP) is 3.12. The lowest BCUT2D eigenvalue weighted by Crippen LogP contribution is -2.45. The fourth-order valence-electron chi connectivity index (χ4n) is 4.61. The first-order valence-electron chi connectivity index (χ1n) is 11.3. The van der Waals surface area contributed by atoms with Gasteiger partial charge >= 0.3 is 6.18 Å². The van der Waals surface area contributed by atoms with Crippen LogP contribution in [0.25, 0.3) is 11.3 Å². The Balaban J connectivity index is 1.37. The third kappa shape index (κ3) is 5.93. The van der Waals surface area contributed by atoms with Crippen molar-refractivity contribution in [2.75, 3.05) is 44.6 Å². The molecule has 0 amide bonds. The molecule has 0 saturated carbocycles. The fourth-order valence-corrected chi connectivity index (χ4v) is 4.61. The molecule has 0 bridgehead atoms. The van der Waals surface area contributed by atoms with Gasteiger partial charge in [0, 0.05) is 44.3 Å². The maximum absolute atomic E-state index is 12.9. The minimum atomic E-state index is -4.52. The predicted molar refractivity (Wildman–Crippen MR) is 119 cm³/mol. The SMILES string of the molecule is Cc1cc(N[C@@H]2CCCN(CCN3CCC(O)C3)C2)nnc1-c1ccc(C(F)(F)F)cc1O. The molecule has 2 aliphatic heterocycles. The number of nitrogens with one attached hydrogen (secondary N) is 1. The van der Waals surface area contributed by atoms with Gasteiger partial charge in [0.05, 0.1) is 17.4 Å². The number of alkyl halides is 3. The van der Waals surface area contributed by atoms with E-state index in [1.54, 1.807) is 6.92 Å². The van der Waals surface area contributed by atoms with E-state index in [-0.39, 0.29) is 17.7 Å². The molecule has 3 heterocycles. The Labute approximate surface area is 191 Å². The maximum Gasteiger partial charge on any atom is 0.416 e. The van der Waals surface area contributed by atoms with Crippen molar-refractivity contribution >= 4 is 5.82 Å². The number of phenols is 1. The standard InChI is InChI=1S/C23H30F3N5O2/c1-15-11-21(28-29-22(15)19-5-4-16(12-20(19)33)23(24,25)26)27-17-3-2-7-30(13-17)9-10-31-8-6-18(32)14-31/h4-5,11-12,17-18,32-33H,2-3,6-10,13-14H2,1H3,(H,27,28)/t17-,18?/m1/s1. The molecule has 4 rings (SSSR count). The number of anilines is 1. The van der Waals surface area contributed by atoms with E-state index in [0.29, 0.717) is 23.1 Å². The molecule has 2 saturated heterocycles. The quantitative estimate of drug-likeness (QED) is 0.605. The fraction of sp³-hybridized carbons (Fsp3) is 0.565. The number of aromatic hydroxyl groups is 1. The van der Waals surface area contributed by atoms with E-state index in [9.17, 15) is 23.4 Å². The van der Waals surface area contributed by atoms with Gasteiger partial charge in [-0.25, -0.2) is 0 Å².